The van der Waals surface area contributed by atoms with E-state index in [4.69, 9.17) is 18.9 Å². The van der Waals surface area contributed by atoms with Crippen LogP contribution in [0.1, 0.15) is 32.8 Å². The summed E-state index contributed by atoms with van der Waals surface area (Å²) >= 11 is 0. The second-order valence-electron chi connectivity index (χ2n) is 13.2. The number of carbonyl (C=O) groups excluding carboxylic acids is 1. The van der Waals surface area contributed by atoms with Crippen LogP contribution in [0.3, 0.4) is 0 Å². The molecular weight excluding hydrogens is 638 g/mol. The van der Waals surface area contributed by atoms with Gasteiger partial charge in [-0.3, -0.25) is 4.90 Å². The molecule has 3 saturated heterocycles. The number of benzene rings is 1. The van der Waals surface area contributed by atoms with Gasteiger partial charge in [-0.25, -0.2) is 23.5 Å². The van der Waals surface area contributed by atoms with Gasteiger partial charge in [0.15, 0.2) is 12.0 Å². The first-order valence-corrected chi connectivity index (χ1v) is 16.3. The summed E-state index contributed by atoms with van der Waals surface area (Å²) in [7, 11) is 1.56. The quantitative estimate of drug-likeness (QED) is 0.358. The molecular formula is C34H40F2N8O5. The molecule has 13 nitrogen and oxygen atoms in total. The van der Waals surface area contributed by atoms with Gasteiger partial charge in [0.25, 0.3) is 0 Å². The molecule has 2 aromatic heterocycles. The number of nitrogens with one attached hydrogen (secondary N) is 1. The van der Waals surface area contributed by atoms with E-state index < -0.39 is 29.8 Å². The maximum atomic E-state index is 15.1. The van der Waals surface area contributed by atoms with Gasteiger partial charge in [0, 0.05) is 44.7 Å². The molecule has 0 saturated carbocycles. The molecule has 3 aromatic rings. The molecule has 2 atom stereocenters. The number of amides is 1. The Labute approximate surface area is 283 Å². The second kappa shape index (κ2) is 14.4. The summed E-state index contributed by atoms with van der Waals surface area (Å²) in [6.45, 7) is 10.4. The molecule has 0 aliphatic carbocycles. The molecule has 1 N–H and O–H groups in total. The van der Waals surface area contributed by atoms with Crippen molar-refractivity contribution in [1.29, 1.82) is 5.26 Å². The van der Waals surface area contributed by atoms with Crippen LogP contribution >= 0.6 is 0 Å². The number of hydrogen-bond acceptors (Lipinski definition) is 12. The number of halogens is 2. The van der Waals surface area contributed by atoms with Crippen LogP contribution in [0.4, 0.5) is 31.0 Å². The van der Waals surface area contributed by atoms with Crippen LogP contribution < -0.4 is 19.7 Å². The van der Waals surface area contributed by atoms with Gasteiger partial charge >= 0.3 is 6.09 Å². The Kier molecular flexibility index (Phi) is 9.98. The zero-order chi connectivity index (χ0) is 34.7. The maximum absolute atomic E-state index is 15.1. The average Bonchev–Trinajstić information content (AvgIpc) is 3.05. The van der Waals surface area contributed by atoms with Crippen LogP contribution in [0.15, 0.2) is 36.5 Å². The summed E-state index contributed by atoms with van der Waals surface area (Å²) in [5.41, 5.74) is 0.509. The number of anilines is 3. The fourth-order valence-corrected chi connectivity index (χ4v) is 5.94. The van der Waals surface area contributed by atoms with Gasteiger partial charge in [0.05, 0.1) is 44.7 Å². The lowest BCUT2D eigenvalue weighted by molar-refractivity contribution is -0.0660. The number of piperazine rings is 1. The molecule has 1 amide bonds. The summed E-state index contributed by atoms with van der Waals surface area (Å²) in [6, 6.07) is 10.7. The van der Waals surface area contributed by atoms with Gasteiger partial charge in [-0.15, -0.1) is 0 Å². The Morgan fingerprint density at radius 1 is 1.10 bits per heavy atom. The molecule has 49 heavy (non-hydrogen) atoms. The number of methoxy groups -OCH3 is 1. The Morgan fingerprint density at radius 2 is 1.88 bits per heavy atom. The molecule has 1 aromatic carbocycles. The third-order valence-corrected chi connectivity index (χ3v) is 8.59. The molecule has 0 radical (unpaired) electrons. The van der Waals surface area contributed by atoms with E-state index in [1.54, 1.807) is 40.0 Å². The lowest BCUT2D eigenvalue weighted by Crippen LogP contribution is -2.56. The predicted octanol–water partition coefficient (Wildman–Crippen LogP) is 4.55. The van der Waals surface area contributed by atoms with Crippen molar-refractivity contribution in [3.05, 3.63) is 47.9 Å². The lowest BCUT2D eigenvalue weighted by Gasteiger charge is -2.43. The number of carbonyl (C=O) groups is 1. The van der Waals surface area contributed by atoms with Crippen LogP contribution in [0.25, 0.3) is 11.3 Å². The van der Waals surface area contributed by atoms with Crippen molar-refractivity contribution < 1.29 is 32.5 Å². The summed E-state index contributed by atoms with van der Waals surface area (Å²) < 4.78 is 52.3. The maximum Gasteiger partial charge on any atom is 0.410 e. The van der Waals surface area contributed by atoms with Crippen LogP contribution in [0.2, 0.25) is 0 Å². The number of nitrogens with zero attached hydrogens (tertiary/aromatic N) is 7. The minimum Gasteiger partial charge on any atom is -0.486 e. The van der Waals surface area contributed by atoms with E-state index >= 15 is 8.78 Å². The lowest BCUT2D eigenvalue weighted by atomic mass is 10.0. The van der Waals surface area contributed by atoms with E-state index in [2.05, 4.69) is 30.1 Å². The van der Waals surface area contributed by atoms with E-state index in [9.17, 15) is 10.1 Å². The highest BCUT2D eigenvalue weighted by Gasteiger charge is 2.35. The summed E-state index contributed by atoms with van der Waals surface area (Å²) in [5, 5.41) is 12.9. The van der Waals surface area contributed by atoms with Crippen molar-refractivity contribution in [2.75, 3.05) is 69.8 Å². The van der Waals surface area contributed by atoms with Crippen LogP contribution in [-0.2, 0) is 9.47 Å². The molecule has 3 fully saturated rings. The number of nitriles is 1. The van der Waals surface area contributed by atoms with E-state index in [1.165, 1.54) is 17.0 Å². The highest BCUT2D eigenvalue weighted by atomic mass is 19.1. The van der Waals surface area contributed by atoms with Gasteiger partial charge in [-0.1, -0.05) is 0 Å². The summed E-state index contributed by atoms with van der Waals surface area (Å²) in [4.78, 5) is 31.4. The molecule has 5 heterocycles. The second-order valence-corrected chi connectivity index (χ2v) is 13.2. The van der Waals surface area contributed by atoms with Crippen LogP contribution in [0, 0.1) is 17.1 Å². The zero-order valence-electron chi connectivity index (χ0n) is 28.0. The number of piperidine rings is 1. The Bertz CT molecular complexity index is 1700. The van der Waals surface area contributed by atoms with Gasteiger partial charge in [-0.05, 0) is 51.1 Å². The molecule has 0 spiro atoms. The molecule has 3 aliphatic rings. The average molecular weight is 679 g/mol. The topological polar surface area (TPSA) is 138 Å². The number of ether oxygens (including phenoxy) is 4. The van der Waals surface area contributed by atoms with Crippen LogP contribution in [-0.4, -0.2) is 114 Å². The first-order chi connectivity index (χ1) is 23.5. The first kappa shape index (κ1) is 34.1. The third kappa shape index (κ3) is 7.92. The van der Waals surface area contributed by atoms with Crippen molar-refractivity contribution in [3.8, 4) is 29.0 Å². The summed E-state index contributed by atoms with van der Waals surface area (Å²) in [6.07, 6.45) is -1.74. The highest BCUT2D eigenvalue weighted by molar-refractivity contribution is 5.69. The fraction of sp³-hybridized carbons (Fsp3) is 0.500. The summed E-state index contributed by atoms with van der Waals surface area (Å²) in [5.74, 6) is 0.379. The first-order valence-electron chi connectivity index (χ1n) is 16.3. The van der Waals surface area contributed by atoms with E-state index in [0.29, 0.717) is 23.3 Å². The smallest absolute Gasteiger partial charge is 0.410 e. The van der Waals surface area contributed by atoms with Gasteiger partial charge in [-0.2, -0.15) is 10.2 Å². The van der Waals surface area contributed by atoms with Gasteiger partial charge in [0.1, 0.15) is 40.7 Å². The Hall–Kier alpha value is -4.81. The Balaban J connectivity index is 1.12. The molecule has 6 rings (SSSR count). The van der Waals surface area contributed by atoms with Crippen molar-refractivity contribution in [1.82, 2.24) is 24.8 Å². The molecule has 3 aliphatic heterocycles. The highest BCUT2D eigenvalue weighted by Crippen LogP contribution is 2.32. The van der Waals surface area contributed by atoms with Gasteiger partial charge in [0.2, 0.25) is 11.8 Å². The van der Waals surface area contributed by atoms with Crippen LogP contribution in [0.5, 0.6) is 11.6 Å². The molecule has 0 bridgehead atoms. The minimum atomic E-state index is -1.50. The third-order valence-electron chi connectivity index (χ3n) is 8.59. The SMILES string of the molecule is COc1nc(Nc2ncc(F)c(-c3ccc(OC4CCN(C(=O)OC(C)(C)C)CC4F)c(C#N)c3)n2)ccc1N1CCN(C2COC2)CC1. The molecule has 260 valence electrons. The number of aromatic nitrogens is 3. The van der Waals surface area contributed by atoms with Crippen molar-refractivity contribution in [2.45, 2.75) is 51.1 Å². The molecule has 2 unspecified atom stereocenters. The van der Waals surface area contributed by atoms with Crippen molar-refractivity contribution in [2.24, 2.45) is 0 Å². The standard InChI is InChI=1S/C34H40F2N8O5/c1-34(2,3)49-33(45)44-10-9-28(25(36)18-44)48-27-7-5-21(15-22(27)16-37)30-24(35)17-38-32(41-30)40-29-8-6-26(31(39-29)46-4)43-13-11-42(12-14-43)23-19-47-20-23/h5-8,15,17,23,25,28H,9-14,18-20H2,1-4H3,(H,38,39,40,41). The largest absolute Gasteiger partial charge is 0.486 e. The monoisotopic (exact) mass is 678 g/mol. The predicted molar refractivity (Wildman–Crippen MR) is 176 cm³/mol. The van der Waals surface area contributed by atoms with E-state index in [-0.39, 0.29) is 42.5 Å². The number of rotatable bonds is 8. The number of alkyl halides is 1. The zero-order valence-corrected chi connectivity index (χ0v) is 28.0. The fourth-order valence-electron chi connectivity index (χ4n) is 5.94. The van der Waals surface area contributed by atoms with Crippen molar-refractivity contribution in [3.63, 3.8) is 0 Å². The normalized spacial score (nSPS) is 20.3. The number of hydrogen-bond donors (Lipinski definition) is 1. The Morgan fingerprint density at radius 3 is 2.53 bits per heavy atom. The van der Waals surface area contributed by atoms with Gasteiger partial charge < -0.3 is 34.1 Å². The van der Waals surface area contributed by atoms with E-state index in [0.717, 1.165) is 51.3 Å². The molecule has 15 heteroatoms. The van der Waals surface area contributed by atoms with Crippen molar-refractivity contribution >= 4 is 23.5 Å². The number of pyridine rings is 1. The number of likely N-dealkylation sites (tertiary alicyclic amines) is 1. The van der Waals surface area contributed by atoms with E-state index in [1.807, 2.05) is 12.1 Å². The minimum absolute atomic E-state index is 0.0482.